The Kier molecular flexibility index (Phi) is 4.62. The van der Waals surface area contributed by atoms with Crippen molar-refractivity contribution < 1.29 is 14.3 Å². The fourth-order valence-corrected chi connectivity index (χ4v) is 2.73. The second-order valence-corrected chi connectivity index (χ2v) is 5.57. The molecule has 0 unspecified atom stereocenters. The van der Waals surface area contributed by atoms with Crippen LogP contribution in [0.15, 0.2) is 24.3 Å². The number of benzene rings is 1. The van der Waals surface area contributed by atoms with Gasteiger partial charge in [0.15, 0.2) is 0 Å². The molecule has 122 valence electrons. The van der Waals surface area contributed by atoms with Gasteiger partial charge in [-0.25, -0.2) is 0 Å². The summed E-state index contributed by atoms with van der Waals surface area (Å²) in [4.78, 5) is 14.4. The second-order valence-electron chi connectivity index (χ2n) is 5.57. The first kappa shape index (κ1) is 15.6. The van der Waals surface area contributed by atoms with Gasteiger partial charge >= 0.3 is 0 Å². The smallest absolute Gasteiger partial charge is 0.227 e. The molecular formula is C17H21N3O3. The number of ether oxygens (including phenoxy) is 2. The summed E-state index contributed by atoms with van der Waals surface area (Å²) in [6.45, 7) is 4.49. The fourth-order valence-electron chi connectivity index (χ4n) is 2.73. The highest BCUT2D eigenvalue weighted by atomic mass is 16.5. The van der Waals surface area contributed by atoms with E-state index in [9.17, 15) is 4.79 Å². The number of amides is 1. The zero-order valence-corrected chi connectivity index (χ0v) is 13.5. The Balaban J connectivity index is 1.81. The lowest BCUT2D eigenvalue weighted by Gasteiger charge is -2.27. The number of aromatic nitrogens is 2. The Morgan fingerprint density at radius 3 is 2.65 bits per heavy atom. The molecule has 6 heteroatoms. The number of methoxy groups -OCH3 is 1. The number of aryl methyl sites for hydroxylation is 1. The van der Waals surface area contributed by atoms with Gasteiger partial charge in [0.2, 0.25) is 5.91 Å². The van der Waals surface area contributed by atoms with Gasteiger partial charge in [-0.05, 0) is 31.2 Å². The highest BCUT2D eigenvalue weighted by Crippen LogP contribution is 2.26. The van der Waals surface area contributed by atoms with Crippen LogP contribution in [-0.4, -0.2) is 54.4 Å². The first-order valence-electron chi connectivity index (χ1n) is 7.73. The van der Waals surface area contributed by atoms with Gasteiger partial charge in [0.1, 0.15) is 5.75 Å². The van der Waals surface area contributed by atoms with Crippen molar-refractivity contribution in [3.8, 4) is 17.0 Å². The molecule has 3 rings (SSSR count). The van der Waals surface area contributed by atoms with Crippen LogP contribution in [0.4, 0.5) is 0 Å². The van der Waals surface area contributed by atoms with Gasteiger partial charge in [-0.3, -0.25) is 9.89 Å². The predicted molar refractivity (Wildman–Crippen MR) is 86.4 cm³/mol. The van der Waals surface area contributed by atoms with Gasteiger partial charge in [-0.1, -0.05) is 0 Å². The van der Waals surface area contributed by atoms with Gasteiger partial charge in [-0.15, -0.1) is 0 Å². The molecule has 1 N–H and O–H groups in total. The molecule has 1 aromatic heterocycles. The van der Waals surface area contributed by atoms with Gasteiger partial charge in [-0.2, -0.15) is 5.10 Å². The maximum atomic E-state index is 12.5. The highest BCUT2D eigenvalue weighted by molar-refractivity contribution is 5.82. The molecule has 1 aliphatic rings. The summed E-state index contributed by atoms with van der Waals surface area (Å²) in [5.74, 6) is 0.916. The van der Waals surface area contributed by atoms with Crippen LogP contribution in [0.5, 0.6) is 5.75 Å². The van der Waals surface area contributed by atoms with E-state index in [1.165, 1.54) is 0 Å². The molecule has 2 heterocycles. The van der Waals surface area contributed by atoms with Crippen molar-refractivity contribution in [2.24, 2.45) is 0 Å². The Morgan fingerprint density at radius 2 is 2.00 bits per heavy atom. The molecule has 2 aromatic rings. The molecule has 1 aliphatic heterocycles. The van der Waals surface area contributed by atoms with E-state index in [2.05, 4.69) is 10.2 Å². The molecule has 0 bridgehead atoms. The molecule has 0 saturated carbocycles. The Morgan fingerprint density at radius 1 is 1.30 bits per heavy atom. The number of hydrogen-bond donors (Lipinski definition) is 1. The van der Waals surface area contributed by atoms with Crippen molar-refractivity contribution in [2.75, 3.05) is 33.4 Å². The van der Waals surface area contributed by atoms with Crippen LogP contribution >= 0.6 is 0 Å². The lowest BCUT2D eigenvalue weighted by Crippen LogP contribution is -2.41. The minimum absolute atomic E-state index is 0.118. The normalized spacial score (nSPS) is 14.8. The average molecular weight is 315 g/mol. The molecule has 1 amide bonds. The zero-order valence-electron chi connectivity index (χ0n) is 13.5. The van der Waals surface area contributed by atoms with Crippen LogP contribution in [0.3, 0.4) is 0 Å². The molecule has 1 saturated heterocycles. The number of rotatable bonds is 4. The lowest BCUT2D eigenvalue weighted by molar-refractivity contribution is -0.134. The number of nitrogens with zero attached hydrogens (tertiary/aromatic N) is 2. The van der Waals surface area contributed by atoms with Gasteiger partial charge in [0, 0.05) is 29.9 Å². The highest BCUT2D eigenvalue weighted by Gasteiger charge is 2.21. The van der Waals surface area contributed by atoms with Crippen LogP contribution in [0.2, 0.25) is 0 Å². The third-order valence-corrected chi connectivity index (χ3v) is 4.13. The van der Waals surface area contributed by atoms with Crippen molar-refractivity contribution >= 4 is 5.91 Å². The maximum Gasteiger partial charge on any atom is 0.227 e. The number of aromatic amines is 1. The second kappa shape index (κ2) is 6.83. The van der Waals surface area contributed by atoms with Crippen molar-refractivity contribution in [3.63, 3.8) is 0 Å². The van der Waals surface area contributed by atoms with Crippen molar-refractivity contribution in [1.29, 1.82) is 0 Å². The van der Waals surface area contributed by atoms with E-state index in [1.807, 2.05) is 36.1 Å². The van der Waals surface area contributed by atoms with Crippen molar-refractivity contribution in [2.45, 2.75) is 13.3 Å². The van der Waals surface area contributed by atoms with Crippen LogP contribution in [-0.2, 0) is 16.0 Å². The third kappa shape index (κ3) is 3.37. The molecule has 0 radical (unpaired) electrons. The Bertz CT molecular complexity index is 673. The van der Waals surface area contributed by atoms with E-state index in [0.717, 1.165) is 28.3 Å². The molecule has 0 atom stereocenters. The Labute approximate surface area is 135 Å². The molecule has 1 fully saturated rings. The summed E-state index contributed by atoms with van der Waals surface area (Å²) in [5.41, 5.74) is 3.68. The van der Waals surface area contributed by atoms with Gasteiger partial charge < -0.3 is 14.4 Å². The van der Waals surface area contributed by atoms with E-state index < -0.39 is 0 Å². The van der Waals surface area contributed by atoms with Crippen LogP contribution < -0.4 is 4.74 Å². The quantitative estimate of drug-likeness (QED) is 0.934. The molecule has 23 heavy (non-hydrogen) atoms. The van der Waals surface area contributed by atoms with E-state index in [0.29, 0.717) is 32.7 Å². The van der Waals surface area contributed by atoms with E-state index >= 15 is 0 Å². The minimum Gasteiger partial charge on any atom is -0.497 e. The number of H-pyrrole nitrogens is 1. The molecule has 6 nitrogen and oxygen atoms in total. The van der Waals surface area contributed by atoms with E-state index in [-0.39, 0.29) is 5.91 Å². The van der Waals surface area contributed by atoms with E-state index in [4.69, 9.17) is 9.47 Å². The molecular weight excluding hydrogens is 294 g/mol. The van der Waals surface area contributed by atoms with E-state index in [1.54, 1.807) is 7.11 Å². The summed E-state index contributed by atoms with van der Waals surface area (Å²) in [5, 5.41) is 7.37. The molecule has 1 aromatic carbocycles. The number of hydrogen-bond acceptors (Lipinski definition) is 4. The predicted octanol–water partition coefficient (Wildman–Crippen LogP) is 1.80. The number of morpholine rings is 1. The SMILES string of the molecule is COc1ccc(-c2n[nH]c(C)c2CC(=O)N2CCOCC2)cc1. The first-order valence-corrected chi connectivity index (χ1v) is 7.73. The number of carbonyl (C=O) groups excluding carboxylic acids is 1. The van der Waals surface area contributed by atoms with Crippen LogP contribution in [0.1, 0.15) is 11.3 Å². The maximum absolute atomic E-state index is 12.5. The van der Waals surface area contributed by atoms with Crippen molar-refractivity contribution in [1.82, 2.24) is 15.1 Å². The number of carbonyl (C=O) groups is 1. The summed E-state index contributed by atoms with van der Waals surface area (Å²) in [6, 6.07) is 7.70. The van der Waals surface area contributed by atoms with Crippen molar-refractivity contribution in [3.05, 3.63) is 35.5 Å². The summed E-state index contributed by atoms with van der Waals surface area (Å²) in [7, 11) is 1.64. The Hall–Kier alpha value is -2.34. The standard InChI is InChI=1S/C17H21N3O3/c1-12-15(11-16(21)20-7-9-23-10-8-20)17(19-18-12)13-3-5-14(22-2)6-4-13/h3-6H,7-11H2,1-2H3,(H,18,19). The zero-order chi connectivity index (χ0) is 16.2. The summed E-state index contributed by atoms with van der Waals surface area (Å²) in [6.07, 6.45) is 0.351. The molecule has 0 spiro atoms. The van der Waals surface area contributed by atoms with Crippen LogP contribution in [0, 0.1) is 6.92 Å². The summed E-state index contributed by atoms with van der Waals surface area (Å²) < 4.78 is 10.5. The third-order valence-electron chi connectivity index (χ3n) is 4.13. The topological polar surface area (TPSA) is 67.5 Å². The fraction of sp³-hybridized carbons (Fsp3) is 0.412. The monoisotopic (exact) mass is 315 g/mol. The largest absolute Gasteiger partial charge is 0.497 e. The minimum atomic E-state index is 0.118. The summed E-state index contributed by atoms with van der Waals surface area (Å²) >= 11 is 0. The number of nitrogens with one attached hydrogen (secondary N) is 1. The molecule has 0 aliphatic carbocycles. The van der Waals surface area contributed by atoms with Crippen LogP contribution in [0.25, 0.3) is 11.3 Å². The lowest BCUT2D eigenvalue weighted by atomic mass is 10.0. The van der Waals surface area contributed by atoms with Gasteiger partial charge in [0.25, 0.3) is 0 Å². The van der Waals surface area contributed by atoms with Gasteiger partial charge in [0.05, 0.1) is 32.4 Å². The first-order chi connectivity index (χ1) is 11.2. The average Bonchev–Trinajstić information content (AvgIpc) is 2.96.